The van der Waals surface area contributed by atoms with Crippen LogP contribution in [0.25, 0.3) is 0 Å². The lowest BCUT2D eigenvalue weighted by atomic mass is 10.1. The zero-order valence-electron chi connectivity index (χ0n) is 14.9. The van der Waals surface area contributed by atoms with Gasteiger partial charge in [-0.25, -0.2) is 9.97 Å². The van der Waals surface area contributed by atoms with Gasteiger partial charge in [0.15, 0.2) is 0 Å². The Bertz CT molecular complexity index is 476. The van der Waals surface area contributed by atoms with Crippen molar-refractivity contribution in [2.45, 2.75) is 76.8 Å². The zero-order chi connectivity index (χ0) is 16.1. The van der Waals surface area contributed by atoms with Gasteiger partial charge in [-0.1, -0.05) is 39.0 Å². The molecule has 2 atom stereocenters. The highest BCUT2D eigenvalue weighted by Crippen LogP contribution is 2.32. The maximum Gasteiger partial charge on any atom is 0.226 e. The first-order chi connectivity index (χ1) is 11.3. The van der Waals surface area contributed by atoms with E-state index in [1.165, 1.54) is 57.1 Å². The average molecular weight is 316 g/mol. The van der Waals surface area contributed by atoms with Gasteiger partial charge in [0.25, 0.3) is 0 Å². The number of unbranched alkanes of at least 4 members (excludes halogenated alkanes) is 5. The standard InChI is InChI=1S/C19H32N4/c1-3-4-5-6-7-8-9-16-12-13-20-19(21-16)23-17-10-11-18(23)15-22(2)14-17/h12-13,17-18H,3-11,14-15H2,1-2H3. The van der Waals surface area contributed by atoms with Crippen molar-refractivity contribution in [3.8, 4) is 0 Å². The second kappa shape index (κ2) is 8.09. The fraction of sp³-hybridized carbons (Fsp3) is 0.789. The third-order valence-electron chi connectivity index (χ3n) is 5.38. The predicted octanol–water partition coefficient (Wildman–Crippen LogP) is 3.66. The molecule has 4 nitrogen and oxygen atoms in total. The molecule has 0 N–H and O–H groups in total. The van der Waals surface area contributed by atoms with Crippen LogP contribution in [0.2, 0.25) is 0 Å². The Morgan fingerprint density at radius 3 is 2.48 bits per heavy atom. The van der Waals surface area contributed by atoms with Crippen LogP contribution in [0.4, 0.5) is 5.95 Å². The first-order valence-corrected chi connectivity index (χ1v) is 9.56. The van der Waals surface area contributed by atoms with Gasteiger partial charge in [-0.15, -0.1) is 0 Å². The number of hydrogen-bond acceptors (Lipinski definition) is 4. The Labute approximate surface area is 141 Å². The third-order valence-corrected chi connectivity index (χ3v) is 5.38. The van der Waals surface area contributed by atoms with Gasteiger partial charge in [0.2, 0.25) is 5.95 Å². The molecule has 0 radical (unpaired) electrons. The SMILES string of the molecule is CCCCCCCCc1ccnc(N2C3CCC2CN(C)C3)n1. The van der Waals surface area contributed by atoms with Crippen molar-refractivity contribution < 1.29 is 0 Å². The summed E-state index contributed by atoms with van der Waals surface area (Å²) in [7, 11) is 2.23. The molecule has 2 saturated heterocycles. The van der Waals surface area contributed by atoms with Crippen molar-refractivity contribution in [2.24, 2.45) is 0 Å². The molecule has 2 unspecified atom stereocenters. The topological polar surface area (TPSA) is 32.3 Å². The summed E-state index contributed by atoms with van der Waals surface area (Å²) < 4.78 is 0. The van der Waals surface area contributed by atoms with Crippen molar-refractivity contribution in [3.63, 3.8) is 0 Å². The van der Waals surface area contributed by atoms with Crippen LogP contribution < -0.4 is 4.90 Å². The molecule has 3 rings (SSSR count). The number of piperazine rings is 1. The first kappa shape index (κ1) is 16.7. The highest BCUT2D eigenvalue weighted by atomic mass is 15.4. The minimum Gasteiger partial charge on any atom is -0.332 e. The van der Waals surface area contributed by atoms with Crippen molar-refractivity contribution in [2.75, 3.05) is 25.0 Å². The average Bonchev–Trinajstić information content (AvgIpc) is 2.83. The molecule has 2 bridgehead atoms. The van der Waals surface area contributed by atoms with E-state index in [2.05, 4.69) is 34.8 Å². The first-order valence-electron chi connectivity index (χ1n) is 9.56. The summed E-state index contributed by atoms with van der Waals surface area (Å²) in [5.41, 5.74) is 1.23. The zero-order valence-corrected chi connectivity index (χ0v) is 14.9. The Morgan fingerprint density at radius 1 is 1.04 bits per heavy atom. The van der Waals surface area contributed by atoms with Gasteiger partial charge in [0, 0.05) is 37.1 Å². The minimum absolute atomic E-state index is 0.614. The van der Waals surface area contributed by atoms with Crippen molar-refractivity contribution in [1.82, 2.24) is 14.9 Å². The van der Waals surface area contributed by atoms with Crippen LogP contribution >= 0.6 is 0 Å². The molecule has 2 aliphatic heterocycles. The van der Waals surface area contributed by atoms with Crippen molar-refractivity contribution >= 4 is 5.95 Å². The van der Waals surface area contributed by atoms with Crippen LogP contribution in [0.15, 0.2) is 12.3 Å². The third kappa shape index (κ3) is 4.23. The number of hydrogen-bond donors (Lipinski definition) is 0. The number of nitrogens with zero attached hydrogens (tertiary/aromatic N) is 4. The molecule has 128 valence electrons. The number of likely N-dealkylation sites (tertiary alicyclic amines) is 1. The quantitative estimate of drug-likeness (QED) is 0.685. The Kier molecular flexibility index (Phi) is 5.87. The largest absolute Gasteiger partial charge is 0.332 e. The fourth-order valence-corrected chi connectivity index (χ4v) is 4.17. The van der Waals surface area contributed by atoms with Crippen LogP contribution in [-0.2, 0) is 6.42 Å². The summed E-state index contributed by atoms with van der Waals surface area (Å²) in [4.78, 5) is 14.4. The molecule has 2 fully saturated rings. The van der Waals surface area contributed by atoms with E-state index in [9.17, 15) is 0 Å². The highest BCUT2D eigenvalue weighted by molar-refractivity contribution is 5.38. The van der Waals surface area contributed by atoms with E-state index >= 15 is 0 Å². The maximum atomic E-state index is 4.89. The van der Waals surface area contributed by atoms with Gasteiger partial charge in [0.1, 0.15) is 0 Å². The van der Waals surface area contributed by atoms with Gasteiger partial charge in [-0.05, 0) is 38.8 Å². The van der Waals surface area contributed by atoms with E-state index in [4.69, 9.17) is 4.98 Å². The Hall–Kier alpha value is -1.16. The van der Waals surface area contributed by atoms with Gasteiger partial charge in [-0.2, -0.15) is 0 Å². The second-order valence-corrected chi connectivity index (χ2v) is 7.38. The number of fused-ring (bicyclic) bond motifs is 2. The van der Waals surface area contributed by atoms with E-state index in [0.717, 1.165) is 25.5 Å². The lowest BCUT2D eigenvalue weighted by Crippen LogP contribution is -2.53. The molecule has 23 heavy (non-hydrogen) atoms. The van der Waals surface area contributed by atoms with Gasteiger partial charge >= 0.3 is 0 Å². The van der Waals surface area contributed by atoms with E-state index in [1.54, 1.807) is 0 Å². The lowest BCUT2D eigenvalue weighted by molar-refractivity contribution is 0.262. The van der Waals surface area contributed by atoms with Gasteiger partial charge in [-0.3, -0.25) is 0 Å². The minimum atomic E-state index is 0.614. The molecule has 4 heteroatoms. The molecule has 1 aromatic heterocycles. The molecule has 2 aliphatic rings. The molecule has 0 saturated carbocycles. The second-order valence-electron chi connectivity index (χ2n) is 7.38. The number of aromatic nitrogens is 2. The molecule has 1 aromatic rings. The lowest BCUT2D eigenvalue weighted by Gasteiger charge is -2.39. The Balaban J connectivity index is 1.54. The van der Waals surface area contributed by atoms with Crippen molar-refractivity contribution in [1.29, 1.82) is 0 Å². The van der Waals surface area contributed by atoms with Crippen LogP contribution in [0.5, 0.6) is 0 Å². The van der Waals surface area contributed by atoms with Crippen molar-refractivity contribution in [3.05, 3.63) is 18.0 Å². The molecule has 0 spiro atoms. The normalized spacial score (nSPS) is 24.3. The summed E-state index contributed by atoms with van der Waals surface area (Å²) in [6.45, 7) is 4.58. The summed E-state index contributed by atoms with van der Waals surface area (Å²) in [5, 5.41) is 0. The number of rotatable bonds is 8. The van der Waals surface area contributed by atoms with E-state index in [1.807, 2.05) is 6.20 Å². The predicted molar refractivity (Wildman–Crippen MR) is 95.9 cm³/mol. The molecular weight excluding hydrogens is 284 g/mol. The monoisotopic (exact) mass is 316 g/mol. The number of likely N-dealkylation sites (N-methyl/N-ethyl adjacent to an activating group) is 1. The number of anilines is 1. The number of aryl methyl sites for hydroxylation is 1. The van der Waals surface area contributed by atoms with Crippen LogP contribution in [0.1, 0.15) is 64.0 Å². The summed E-state index contributed by atoms with van der Waals surface area (Å²) in [5.74, 6) is 0.981. The summed E-state index contributed by atoms with van der Waals surface area (Å²) >= 11 is 0. The van der Waals surface area contributed by atoms with E-state index < -0.39 is 0 Å². The molecule has 0 aliphatic carbocycles. The molecule has 0 amide bonds. The summed E-state index contributed by atoms with van der Waals surface area (Å²) in [6.07, 6.45) is 13.7. The van der Waals surface area contributed by atoms with Gasteiger partial charge in [0.05, 0.1) is 0 Å². The molecular formula is C19H32N4. The Morgan fingerprint density at radius 2 is 1.74 bits per heavy atom. The molecule has 3 heterocycles. The van der Waals surface area contributed by atoms with Crippen LogP contribution in [-0.4, -0.2) is 47.1 Å². The van der Waals surface area contributed by atoms with E-state index in [-0.39, 0.29) is 0 Å². The fourth-order valence-electron chi connectivity index (χ4n) is 4.17. The maximum absolute atomic E-state index is 4.89. The highest BCUT2D eigenvalue weighted by Gasteiger charge is 2.40. The van der Waals surface area contributed by atoms with Crippen LogP contribution in [0, 0.1) is 0 Å². The van der Waals surface area contributed by atoms with Gasteiger partial charge < -0.3 is 9.80 Å². The molecule has 0 aromatic carbocycles. The van der Waals surface area contributed by atoms with Crippen LogP contribution in [0.3, 0.4) is 0 Å². The summed E-state index contributed by atoms with van der Waals surface area (Å²) in [6, 6.07) is 3.33. The van der Waals surface area contributed by atoms with E-state index in [0.29, 0.717) is 12.1 Å². The smallest absolute Gasteiger partial charge is 0.226 e.